The Morgan fingerprint density at radius 3 is 2.41 bits per heavy atom. The third-order valence-corrected chi connectivity index (χ3v) is 6.81. The van der Waals surface area contributed by atoms with Gasteiger partial charge in [0.1, 0.15) is 11.9 Å². The van der Waals surface area contributed by atoms with Crippen LogP contribution >= 0.6 is 0 Å². The number of nitrogens with zero attached hydrogens (tertiary/aromatic N) is 1. The van der Waals surface area contributed by atoms with Crippen LogP contribution in [0, 0.1) is 5.82 Å². The van der Waals surface area contributed by atoms with Gasteiger partial charge in [0.25, 0.3) is 0 Å². The zero-order valence-electron chi connectivity index (χ0n) is 16.8. The molecule has 158 valence electrons. The Morgan fingerprint density at radius 2 is 1.76 bits per heavy atom. The molecule has 7 heteroatoms. The molecule has 1 aromatic rings. The molecule has 3 fully saturated rings. The number of carbonyl (C=O) groups excluding carboxylic acids is 2. The Balaban J connectivity index is 1.33. The van der Waals surface area contributed by atoms with E-state index in [-0.39, 0.29) is 23.5 Å². The van der Waals surface area contributed by atoms with Crippen molar-refractivity contribution in [3.63, 3.8) is 0 Å². The molecule has 6 nitrogen and oxygen atoms in total. The van der Waals surface area contributed by atoms with Crippen LogP contribution in [0.5, 0.6) is 0 Å². The summed E-state index contributed by atoms with van der Waals surface area (Å²) in [5, 5.41) is 5.37. The van der Waals surface area contributed by atoms with Gasteiger partial charge in [0.05, 0.1) is 0 Å². The molecule has 2 amide bonds. The molecule has 2 aliphatic heterocycles. The predicted molar refractivity (Wildman–Crippen MR) is 110 cm³/mol. The summed E-state index contributed by atoms with van der Waals surface area (Å²) in [5.74, 6) is -0.579. The van der Waals surface area contributed by atoms with Crippen LogP contribution < -0.4 is 16.4 Å². The summed E-state index contributed by atoms with van der Waals surface area (Å²) < 4.78 is 14.8. The zero-order valence-corrected chi connectivity index (χ0v) is 16.8. The third kappa shape index (κ3) is 4.78. The second-order valence-corrected chi connectivity index (χ2v) is 8.76. The predicted octanol–water partition coefficient (Wildman–Crippen LogP) is 2.49. The quantitative estimate of drug-likeness (QED) is 0.674. The van der Waals surface area contributed by atoms with Crippen LogP contribution in [-0.2, 0) is 9.59 Å². The number of piperidine rings is 2. The summed E-state index contributed by atoms with van der Waals surface area (Å²) in [6.07, 6.45) is 7.26. The largest absolute Gasteiger partial charge is 0.374 e. The minimum atomic E-state index is -0.496. The highest BCUT2D eigenvalue weighted by atomic mass is 19.1. The Kier molecular flexibility index (Phi) is 6.15. The highest BCUT2D eigenvalue weighted by Gasteiger charge is 2.30. The smallest absolute Gasteiger partial charge is 0.249 e. The maximum Gasteiger partial charge on any atom is 0.249 e. The molecular weight excluding hydrogens is 371 g/mol. The van der Waals surface area contributed by atoms with Gasteiger partial charge in [0.15, 0.2) is 0 Å². The van der Waals surface area contributed by atoms with E-state index in [4.69, 9.17) is 5.73 Å². The fourth-order valence-corrected chi connectivity index (χ4v) is 5.02. The maximum atomic E-state index is 14.8. The van der Waals surface area contributed by atoms with Crippen LogP contribution in [0.4, 0.5) is 10.1 Å². The number of carbonyl (C=O) groups is 2. The normalized spacial score (nSPS) is 29.5. The minimum absolute atomic E-state index is 0.218. The molecule has 4 rings (SSSR count). The van der Waals surface area contributed by atoms with Crippen molar-refractivity contribution in [1.29, 1.82) is 0 Å². The topological polar surface area (TPSA) is 87.5 Å². The number of nitrogens with one attached hydrogen (secondary N) is 2. The van der Waals surface area contributed by atoms with Gasteiger partial charge in [-0.3, -0.25) is 14.9 Å². The first-order valence-electron chi connectivity index (χ1n) is 10.9. The Bertz CT molecular complexity index is 755. The highest BCUT2D eigenvalue weighted by molar-refractivity contribution is 6.01. The molecule has 2 saturated heterocycles. The molecule has 1 atom stereocenters. The number of benzene rings is 1. The second-order valence-electron chi connectivity index (χ2n) is 8.76. The molecule has 1 aromatic carbocycles. The van der Waals surface area contributed by atoms with E-state index in [2.05, 4.69) is 15.5 Å². The Hall–Kier alpha value is -1.99. The van der Waals surface area contributed by atoms with Crippen molar-refractivity contribution in [3.05, 3.63) is 29.6 Å². The van der Waals surface area contributed by atoms with Gasteiger partial charge in [-0.1, -0.05) is 6.07 Å². The van der Waals surface area contributed by atoms with Gasteiger partial charge < -0.3 is 16.0 Å². The van der Waals surface area contributed by atoms with Gasteiger partial charge in [-0.15, -0.1) is 0 Å². The van der Waals surface area contributed by atoms with Crippen molar-refractivity contribution in [2.75, 3.05) is 18.4 Å². The van der Waals surface area contributed by atoms with E-state index < -0.39 is 6.04 Å². The lowest BCUT2D eigenvalue weighted by Crippen LogP contribution is -2.47. The summed E-state index contributed by atoms with van der Waals surface area (Å²) in [6.45, 7) is 2.03. The first-order chi connectivity index (χ1) is 14.0. The zero-order chi connectivity index (χ0) is 20.4. The highest BCUT2D eigenvalue weighted by Crippen LogP contribution is 2.34. The van der Waals surface area contributed by atoms with E-state index in [1.54, 1.807) is 0 Å². The van der Waals surface area contributed by atoms with E-state index in [0.717, 1.165) is 44.3 Å². The minimum Gasteiger partial charge on any atom is -0.374 e. The molecule has 1 aliphatic carbocycles. The van der Waals surface area contributed by atoms with Crippen LogP contribution in [-0.4, -0.2) is 47.9 Å². The van der Waals surface area contributed by atoms with Crippen LogP contribution in [0.2, 0.25) is 0 Å². The number of hydrogen-bond acceptors (Lipinski definition) is 5. The summed E-state index contributed by atoms with van der Waals surface area (Å²) in [6, 6.07) is 5.68. The Morgan fingerprint density at radius 1 is 1.03 bits per heavy atom. The van der Waals surface area contributed by atoms with Crippen molar-refractivity contribution in [2.45, 2.75) is 75.4 Å². The van der Waals surface area contributed by atoms with Crippen LogP contribution in [0.1, 0.15) is 62.8 Å². The number of imide groups is 1. The van der Waals surface area contributed by atoms with Crippen molar-refractivity contribution in [1.82, 2.24) is 10.2 Å². The van der Waals surface area contributed by atoms with Gasteiger partial charge in [-0.05, 0) is 81.6 Å². The summed E-state index contributed by atoms with van der Waals surface area (Å²) in [7, 11) is 0. The van der Waals surface area contributed by atoms with E-state index in [0.29, 0.717) is 30.6 Å². The number of amides is 2. The lowest BCUT2D eigenvalue weighted by atomic mass is 9.85. The first-order valence-corrected chi connectivity index (χ1v) is 10.9. The summed E-state index contributed by atoms with van der Waals surface area (Å²) in [4.78, 5) is 25.7. The van der Waals surface area contributed by atoms with Gasteiger partial charge in [-0.2, -0.15) is 0 Å². The molecule has 2 heterocycles. The van der Waals surface area contributed by atoms with Crippen molar-refractivity contribution in [2.24, 2.45) is 5.73 Å². The lowest BCUT2D eigenvalue weighted by Gasteiger charge is -2.40. The van der Waals surface area contributed by atoms with Crippen molar-refractivity contribution >= 4 is 17.5 Å². The molecule has 0 spiro atoms. The van der Waals surface area contributed by atoms with E-state index in [1.807, 2.05) is 12.1 Å². The third-order valence-electron chi connectivity index (χ3n) is 6.81. The second kappa shape index (κ2) is 8.79. The van der Waals surface area contributed by atoms with Crippen molar-refractivity contribution in [3.8, 4) is 0 Å². The van der Waals surface area contributed by atoms with Gasteiger partial charge in [0, 0.05) is 24.2 Å². The molecule has 1 unspecified atom stereocenters. The number of hydrogen-bond donors (Lipinski definition) is 3. The Labute approximate surface area is 171 Å². The molecule has 4 N–H and O–H groups in total. The van der Waals surface area contributed by atoms with Crippen LogP contribution in [0.3, 0.4) is 0 Å². The molecule has 3 aliphatic rings. The van der Waals surface area contributed by atoms with E-state index in [9.17, 15) is 14.0 Å². The van der Waals surface area contributed by atoms with Gasteiger partial charge in [-0.25, -0.2) is 4.39 Å². The molecule has 0 bridgehead atoms. The number of likely N-dealkylation sites (tertiary alicyclic amines) is 1. The van der Waals surface area contributed by atoms with Gasteiger partial charge in [0.2, 0.25) is 11.8 Å². The SMILES string of the molecule is NC1CCC(N2CCC(c3ccc(NC4CCC(=O)NC4=O)cc3F)CC2)CC1. The first kappa shape index (κ1) is 20.3. The van der Waals surface area contributed by atoms with E-state index in [1.165, 1.54) is 18.9 Å². The van der Waals surface area contributed by atoms with Crippen LogP contribution in [0.25, 0.3) is 0 Å². The fraction of sp³-hybridized carbons (Fsp3) is 0.636. The number of nitrogens with two attached hydrogens (primary N) is 1. The average molecular weight is 403 g/mol. The average Bonchev–Trinajstić information content (AvgIpc) is 2.71. The van der Waals surface area contributed by atoms with Crippen LogP contribution in [0.15, 0.2) is 18.2 Å². The summed E-state index contributed by atoms with van der Waals surface area (Å²) >= 11 is 0. The van der Waals surface area contributed by atoms with Crippen molar-refractivity contribution < 1.29 is 14.0 Å². The van der Waals surface area contributed by atoms with E-state index >= 15 is 0 Å². The number of anilines is 1. The van der Waals surface area contributed by atoms with Gasteiger partial charge >= 0.3 is 0 Å². The number of rotatable bonds is 4. The molecular formula is C22H31FN4O2. The molecule has 0 aromatic heterocycles. The summed E-state index contributed by atoms with van der Waals surface area (Å²) in [5.41, 5.74) is 7.37. The fourth-order valence-electron chi connectivity index (χ4n) is 5.02. The maximum absolute atomic E-state index is 14.8. The number of halogens is 1. The monoisotopic (exact) mass is 402 g/mol. The molecule has 1 saturated carbocycles. The standard InChI is InChI=1S/C22H31FN4O2/c23-19-13-16(25-20-7-8-21(28)26-22(20)29)3-6-18(19)14-9-11-27(12-10-14)17-4-1-15(24)2-5-17/h3,6,13-15,17,20,25H,1-2,4-5,7-12,24H2,(H,26,28,29). The molecule has 0 radical (unpaired) electrons. The lowest BCUT2D eigenvalue weighted by molar-refractivity contribution is -0.133. The molecule has 29 heavy (non-hydrogen) atoms.